The molecule has 1 N–H and O–H groups in total. The van der Waals surface area contributed by atoms with E-state index in [1.54, 1.807) is 25.1 Å². The quantitative estimate of drug-likeness (QED) is 0.835. The maximum absolute atomic E-state index is 12.9. The Labute approximate surface area is 141 Å². The number of rotatable bonds is 1. The Kier molecular flexibility index (Phi) is 4.50. The van der Waals surface area contributed by atoms with Crippen LogP contribution in [0.15, 0.2) is 23.1 Å². The highest BCUT2D eigenvalue weighted by molar-refractivity contribution is 8.00. The molecule has 130 valence electrons. The number of hydrogen-bond acceptors (Lipinski definition) is 3. The number of halogens is 3. The first-order chi connectivity index (χ1) is 11.3. The molecule has 0 aliphatic carbocycles. The number of carbonyl (C=O) groups is 2. The fourth-order valence-corrected chi connectivity index (χ4v) is 3.88. The standard InChI is InChI=1S/C16H17F3N2O2S/c1-9-14(22)20-12-7-10(4-5-13(12)24-9)15(23)21-6-2-3-11(8-21)16(17,18)19/h4-5,7,9,11H,2-3,6,8H2,1H3,(H,20,22)/t9-,11+/m1/s1. The number of benzene rings is 1. The Bertz CT molecular complexity index is 678. The molecule has 0 radical (unpaired) electrons. The van der Waals surface area contributed by atoms with Crippen LogP contribution in [0.2, 0.25) is 0 Å². The van der Waals surface area contributed by atoms with Crippen molar-refractivity contribution >= 4 is 29.3 Å². The molecule has 2 aliphatic rings. The van der Waals surface area contributed by atoms with E-state index < -0.39 is 18.0 Å². The molecule has 8 heteroatoms. The third-order valence-corrected chi connectivity index (χ3v) is 5.51. The minimum Gasteiger partial charge on any atom is -0.338 e. The fourth-order valence-electron chi connectivity index (χ4n) is 2.95. The second-order valence-corrected chi connectivity index (χ2v) is 7.47. The second kappa shape index (κ2) is 6.31. The molecule has 1 fully saturated rings. The molecule has 2 heterocycles. The van der Waals surface area contributed by atoms with Crippen molar-refractivity contribution in [2.45, 2.75) is 36.1 Å². The van der Waals surface area contributed by atoms with E-state index in [1.165, 1.54) is 16.7 Å². The van der Waals surface area contributed by atoms with Gasteiger partial charge in [0.1, 0.15) is 0 Å². The maximum atomic E-state index is 12.9. The summed E-state index contributed by atoms with van der Waals surface area (Å²) in [7, 11) is 0. The fraction of sp³-hybridized carbons (Fsp3) is 0.500. The Morgan fingerprint density at radius 2 is 2.12 bits per heavy atom. The van der Waals surface area contributed by atoms with Crippen molar-refractivity contribution in [3.8, 4) is 0 Å². The van der Waals surface area contributed by atoms with Crippen molar-refractivity contribution in [2.24, 2.45) is 5.92 Å². The summed E-state index contributed by atoms with van der Waals surface area (Å²) in [4.78, 5) is 26.4. The maximum Gasteiger partial charge on any atom is 0.393 e. The van der Waals surface area contributed by atoms with Crippen LogP contribution in [0.4, 0.5) is 18.9 Å². The molecule has 2 atom stereocenters. The van der Waals surface area contributed by atoms with Gasteiger partial charge in [-0.15, -0.1) is 11.8 Å². The predicted octanol–water partition coefficient (Wildman–Crippen LogP) is 3.53. The molecule has 0 saturated carbocycles. The molecule has 4 nitrogen and oxygen atoms in total. The number of carbonyl (C=O) groups excluding carboxylic acids is 2. The normalized spacial score (nSPS) is 24.3. The third kappa shape index (κ3) is 3.38. The zero-order valence-electron chi connectivity index (χ0n) is 13.0. The van der Waals surface area contributed by atoms with Crippen LogP contribution < -0.4 is 5.32 Å². The van der Waals surface area contributed by atoms with Gasteiger partial charge in [-0.1, -0.05) is 0 Å². The molecule has 0 spiro atoms. The van der Waals surface area contributed by atoms with Gasteiger partial charge in [-0.25, -0.2) is 0 Å². The topological polar surface area (TPSA) is 49.4 Å². The van der Waals surface area contributed by atoms with Crippen LogP contribution in [0.1, 0.15) is 30.1 Å². The summed E-state index contributed by atoms with van der Waals surface area (Å²) >= 11 is 1.39. The Hall–Kier alpha value is -1.70. The van der Waals surface area contributed by atoms with E-state index in [1.807, 2.05) is 0 Å². The lowest BCUT2D eigenvalue weighted by Crippen LogP contribution is -2.44. The number of alkyl halides is 3. The van der Waals surface area contributed by atoms with Gasteiger partial charge in [0.15, 0.2) is 0 Å². The summed E-state index contributed by atoms with van der Waals surface area (Å²) in [5.74, 6) is -2.04. The number of hydrogen-bond donors (Lipinski definition) is 1. The van der Waals surface area contributed by atoms with Crippen molar-refractivity contribution in [3.05, 3.63) is 23.8 Å². The molecule has 2 amide bonds. The Balaban J connectivity index is 1.78. The number of fused-ring (bicyclic) bond motifs is 1. The van der Waals surface area contributed by atoms with Crippen molar-refractivity contribution in [1.82, 2.24) is 4.90 Å². The number of thioether (sulfide) groups is 1. The van der Waals surface area contributed by atoms with E-state index in [0.29, 0.717) is 24.2 Å². The minimum atomic E-state index is -4.28. The van der Waals surface area contributed by atoms with Gasteiger partial charge in [-0.3, -0.25) is 9.59 Å². The van der Waals surface area contributed by atoms with Gasteiger partial charge >= 0.3 is 6.18 Å². The molecule has 1 aromatic carbocycles. The van der Waals surface area contributed by atoms with Crippen LogP contribution >= 0.6 is 11.8 Å². The van der Waals surface area contributed by atoms with Gasteiger partial charge in [-0.2, -0.15) is 13.2 Å². The van der Waals surface area contributed by atoms with Crippen molar-refractivity contribution in [2.75, 3.05) is 18.4 Å². The number of nitrogens with zero attached hydrogens (tertiary/aromatic N) is 1. The SMILES string of the molecule is C[C@H]1Sc2ccc(C(=O)N3CCC[C@H](C(F)(F)F)C3)cc2NC1=O. The first-order valence-corrected chi connectivity index (χ1v) is 8.61. The number of likely N-dealkylation sites (tertiary alicyclic amines) is 1. The summed E-state index contributed by atoms with van der Waals surface area (Å²) < 4.78 is 38.7. The molecule has 24 heavy (non-hydrogen) atoms. The van der Waals surface area contributed by atoms with Crippen LogP contribution in [0.3, 0.4) is 0 Å². The lowest BCUT2D eigenvalue weighted by atomic mass is 9.97. The summed E-state index contributed by atoms with van der Waals surface area (Å²) in [6, 6.07) is 4.88. The smallest absolute Gasteiger partial charge is 0.338 e. The molecule has 0 unspecified atom stereocenters. The molecular formula is C16H17F3N2O2S. The zero-order chi connectivity index (χ0) is 17.5. The van der Waals surface area contributed by atoms with E-state index in [2.05, 4.69) is 5.32 Å². The lowest BCUT2D eigenvalue weighted by molar-refractivity contribution is -0.184. The molecule has 3 rings (SSSR count). The lowest BCUT2D eigenvalue weighted by Gasteiger charge is -2.34. The van der Waals surface area contributed by atoms with Gasteiger partial charge in [0.2, 0.25) is 5.91 Å². The van der Waals surface area contributed by atoms with Crippen LogP contribution in [-0.4, -0.2) is 41.2 Å². The van der Waals surface area contributed by atoms with Gasteiger partial charge in [0.05, 0.1) is 16.9 Å². The third-order valence-electron chi connectivity index (χ3n) is 4.33. The minimum absolute atomic E-state index is 0.0576. The zero-order valence-corrected chi connectivity index (χ0v) is 13.8. The monoisotopic (exact) mass is 358 g/mol. The summed E-state index contributed by atoms with van der Waals surface area (Å²) in [5.41, 5.74) is 0.838. The molecule has 0 aromatic heterocycles. The summed E-state index contributed by atoms with van der Waals surface area (Å²) in [5, 5.41) is 2.52. The Morgan fingerprint density at radius 1 is 1.38 bits per heavy atom. The number of nitrogens with one attached hydrogen (secondary N) is 1. The van der Waals surface area contributed by atoms with E-state index in [9.17, 15) is 22.8 Å². The van der Waals surface area contributed by atoms with E-state index >= 15 is 0 Å². The van der Waals surface area contributed by atoms with Gasteiger partial charge in [0.25, 0.3) is 5.91 Å². The van der Waals surface area contributed by atoms with E-state index in [-0.39, 0.29) is 24.1 Å². The first-order valence-electron chi connectivity index (χ1n) is 7.73. The van der Waals surface area contributed by atoms with Crippen LogP contribution in [0, 0.1) is 5.92 Å². The van der Waals surface area contributed by atoms with Crippen LogP contribution in [-0.2, 0) is 4.79 Å². The highest BCUT2D eigenvalue weighted by atomic mass is 32.2. The average Bonchev–Trinajstić information content (AvgIpc) is 2.54. The van der Waals surface area contributed by atoms with Gasteiger partial charge in [-0.05, 0) is 38.0 Å². The predicted molar refractivity (Wildman–Crippen MR) is 85.1 cm³/mol. The average molecular weight is 358 g/mol. The van der Waals surface area contributed by atoms with E-state index in [4.69, 9.17) is 0 Å². The number of piperidine rings is 1. The highest BCUT2D eigenvalue weighted by Gasteiger charge is 2.42. The largest absolute Gasteiger partial charge is 0.393 e. The molecule has 0 bridgehead atoms. The van der Waals surface area contributed by atoms with Crippen molar-refractivity contribution in [1.29, 1.82) is 0 Å². The molecule has 1 aromatic rings. The summed E-state index contributed by atoms with van der Waals surface area (Å²) in [6.45, 7) is 1.80. The first kappa shape index (κ1) is 17.1. The number of anilines is 1. The molecular weight excluding hydrogens is 341 g/mol. The summed E-state index contributed by atoms with van der Waals surface area (Å²) in [6.07, 6.45) is -3.89. The Morgan fingerprint density at radius 3 is 2.83 bits per heavy atom. The van der Waals surface area contributed by atoms with E-state index in [0.717, 1.165) is 4.90 Å². The van der Waals surface area contributed by atoms with Crippen molar-refractivity contribution in [3.63, 3.8) is 0 Å². The van der Waals surface area contributed by atoms with Gasteiger partial charge in [0, 0.05) is 23.5 Å². The number of amides is 2. The van der Waals surface area contributed by atoms with Gasteiger partial charge < -0.3 is 10.2 Å². The highest BCUT2D eigenvalue weighted by Crippen LogP contribution is 2.37. The second-order valence-electron chi connectivity index (χ2n) is 6.09. The van der Waals surface area contributed by atoms with Crippen molar-refractivity contribution < 1.29 is 22.8 Å². The van der Waals surface area contributed by atoms with Crippen LogP contribution in [0.5, 0.6) is 0 Å². The molecule has 1 saturated heterocycles. The van der Waals surface area contributed by atoms with Crippen LogP contribution in [0.25, 0.3) is 0 Å². The molecule has 2 aliphatic heterocycles.